The molecular formula is C40H35N5. The number of aliphatic imine (C=N–C) groups is 2. The summed E-state index contributed by atoms with van der Waals surface area (Å²) < 4.78 is 0. The van der Waals surface area contributed by atoms with Gasteiger partial charge in [-0.1, -0.05) is 146 Å². The van der Waals surface area contributed by atoms with E-state index in [4.69, 9.17) is 10.7 Å². The van der Waals surface area contributed by atoms with E-state index in [9.17, 15) is 0 Å². The first-order valence-corrected chi connectivity index (χ1v) is 15.3. The van der Waals surface area contributed by atoms with Crippen LogP contribution in [0.15, 0.2) is 156 Å². The molecule has 1 aliphatic heterocycles. The largest absolute Gasteiger partial charge is 0.350 e. The molecule has 0 aromatic heterocycles. The third kappa shape index (κ3) is 5.92. The lowest BCUT2D eigenvalue weighted by Crippen LogP contribution is -2.44. The first kappa shape index (κ1) is 28.4. The van der Waals surface area contributed by atoms with Crippen LogP contribution < -0.4 is 16.4 Å². The molecule has 5 heteroatoms. The maximum Gasteiger partial charge on any atom is 0.131 e. The van der Waals surface area contributed by atoms with E-state index in [1.807, 2.05) is 31.2 Å². The number of amidine groups is 1. The molecule has 1 heterocycles. The van der Waals surface area contributed by atoms with Gasteiger partial charge in [-0.25, -0.2) is 4.99 Å². The molecule has 6 aromatic carbocycles. The molecule has 3 atom stereocenters. The Hall–Kier alpha value is -5.36. The monoisotopic (exact) mass is 585 g/mol. The average molecular weight is 586 g/mol. The van der Waals surface area contributed by atoms with Crippen molar-refractivity contribution < 1.29 is 0 Å². The highest BCUT2D eigenvalue weighted by molar-refractivity contribution is 6.04. The SMILES string of the molecule is CC=NC(N)c1ccc(-c2ccc3ccccc3c2-c2ccc(C3NC(c4ccccc4)=NC(c4ccccc4)N3)cc2)cc1. The highest BCUT2D eigenvalue weighted by Gasteiger charge is 2.25. The minimum atomic E-state index is -0.358. The fourth-order valence-corrected chi connectivity index (χ4v) is 6.05. The second kappa shape index (κ2) is 12.7. The van der Waals surface area contributed by atoms with Gasteiger partial charge in [0.05, 0.1) is 0 Å². The summed E-state index contributed by atoms with van der Waals surface area (Å²) >= 11 is 0. The molecular weight excluding hydrogens is 550 g/mol. The fraction of sp³-hybridized carbons (Fsp3) is 0.100. The standard InChI is InChI=1S/C40H35N5/c1-2-42-37(41)30-21-17-28(18-22-30)35-26-25-27-11-9-10-16-34(27)36(35)29-19-23-33(24-20-29)40-44-38(31-12-5-3-6-13-31)43-39(45-40)32-14-7-4-8-15-32/h2-26,37-38,40,44H,41H2,1H3,(H,43,45). The lowest BCUT2D eigenvalue weighted by atomic mass is 9.89. The van der Waals surface area contributed by atoms with Crippen molar-refractivity contribution >= 4 is 22.8 Å². The third-order valence-electron chi connectivity index (χ3n) is 8.36. The number of nitrogens with two attached hydrogens (primary N) is 1. The molecule has 3 unspecified atom stereocenters. The van der Waals surface area contributed by atoms with E-state index in [-0.39, 0.29) is 18.5 Å². The Morgan fingerprint density at radius 1 is 0.667 bits per heavy atom. The van der Waals surface area contributed by atoms with E-state index in [2.05, 4.69) is 137 Å². The van der Waals surface area contributed by atoms with Crippen molar-refractivity contribution in [3.8, 4) is 22.3 Å². The van der Waals surface area contributed by atoms with Gasteiger partial charge in [0.15, 0.2) is 0 Å². The summed E-state index contributed by atoms with van der Waals surface area (Å²) in [6.07, 6.45) is 1.10. The summed E-state index contributed by atoms with van der Waals surface area (Å²) in [4.78, 5) is 9.38. The molecule has 6 aromatic rings. The molecule has 1 aliphatic rings. The zero-order chi connectivity index (χ0) is 30.6. The number of benzene rings is 6. The van der Waals surface area contributed by atoms with E-state index in [0.29, 0.717) is 0 Å². The molecule has 0 fully saturated rings. The van der Waals surface area contributed by atoms with Crippen molar-refractivity contribution in [3.63, 3.8) is 0 Å². The molecule has 7 rings (SSSR count). The molecule has 0 bridgehead atoms. The molecule has 5 nitrogen and oxygen atoms in total. The van der Waals surface area contributed by atoms with Crippen LogP contribution in [0, 0.1) is 0 Å². The smallest absolute Gasteiger partial charge is 0.131 e. The van der Waals surface area contributed by atoms with Crippen molar-refractivity contribution in [3.05, 3.63) is 168 Å². The van der Waals surface area contributed by atoms with Crippen molar-refractivity contribution in [1.29, 1.82) is 0 Å². The maximum absolute atomic E-state index is 6.23. The highest BCUT2D eigenvalue weighted by atomic mass is 15.3. The Kier molecular flexibility index (Phi) is 8.02. The number of hydrogen-bond acceptors (Lipinski definition) is 5. The summed E-state index contributed by atoms with van der Waals surface area (Å²) in [5.74, 6) is 0.876. The summed E-state index contributed by atoms with van der Waals surface area (Å²) in [6, 6.07) is 51.0. The van der Waals surface area contributed by atoms with Crippen LogP contribution in [0.1, 0.15) is 47.7 Å². The van der Waals surface area contributed by atoms with Gasteiger partial charge >= 0.3 is 0 Å². The number of nitrogens with zero attached hydrogens (tertiary/aromatic N) is 2. The van der Waals surface area contributed by atoms with Crippen LogP contribution >= 0.6 is 0 Å². The summed E-state index contributed by atoms with van der Waals surface area (Å²) in [7, 11) is 0. The summed E-state index contributed by atoms with van der Waals surface area (Å²) in [5.41, 5.74) is 15.2. The Balaban J connectivity index is 1.26. The molecule has 4 N–H and O–H groups in total. The van der Waals surface area contributed by atoms with Crippen molar-refractivity contribution in [2.24, 2.45) is 15.7 Å². The summed E-state index contributed by atoms with van der Waals surface area (Å²) in [5, 5.41) is 9.80. The average Bonchev–Trinajstić information content (AvgIpc) is 3.12. The van der Waals surface area contributed by atoms with Crippen LogP contribution in [0.5, 0.6) is 0 Å². The molecule has 0 aliphatic carbocycles. The fourth-order valence-electron chi connectivity index (χ4n) is 6.05. The van der Waals surface area contributed by atoms with Gasteiger partial charge in [0, 0.05) is 5.56 Å². The zero-order valence-corrected chi connectivity index (χ0v) is 25.1. The van der Waals surface area contributed by atoms with Gasteiger partial charge in [-0.3, -0.25) is 10.3 Å². The van der Waals surface area contributed by atoms with Crippen LogP contribution in [0.2, 0.25) is 0 Å². The Morgan fingerprint density at radius 3 is 2.07 bits per heavy atom. The molecule has 0 saturated carbocycles. The molecule has 0 spiro atoms. The van der Waals surface area contributed by atoms with Crippen LogP contribution in [-0.4, -0.2) is 12.1 Å². The first-order chi connectivity index (χ1) is 22.2. The van der Waals surface area contributed by atoms with Crippen LogP contribution in [0.25, 0.3) is 33.0 Å². The first-order valence-electron chi connectivity index (χ1n) is 15.3. The van der Waals surface area contributed by atoms with Gasteiger partial charge in [0.25, 0.3) is 0 Å². The molecule has 45 heavy (non-hydrogen) atoms. The number of rotatable bonds is 7. The zero-order valence-electron chi connectivity index (χ0n) is 25.1. The Labute approximate surface area is 264 Å². The van der Waals surface area contributed by atoms with E-state index < -0.39 is 0 Å². The number of hydrogen-bond donors (Lipinski definition) is 3. The quantitative estimate of drug-likeness (QED) is 0.164. The summed E-state index contributed by atoms with van der Waals surface area (Å²) in [6.45, 7) is 1.89. The Morgan fingerprint density at radius 2 is 1.33 bits per heavy atom. The third-order valence-corrected chi connectivity index (χ3v) is 8.36. The van der Waals surface area contributed by atoms with Gasteiger partial charge in [0.2, 0.25) is 0 Å². The molecule has 0 radical (unpaired) electrons. The van der Waals surface area contributed by atoms with E-state index in [1.54, 1.807) is 6.21 Å². The van der Waals surface area contributed by atoms with Gasteiger partial charge < -0.3 is 11.1 Å². The second-order valence-electron chi connectivity index (χ2n) is 11.2. The Bertz CT molecular complexity index is 1960. The van der Waals surface area contributed by atoms with Gasteiger partial charge in [0.1, 0.15) is 24.3 Å². The molecule has 0 amide bonds. The lowest BCUT2D eigenvalue weighted by molar-refractivity contribution is 0.409. The van der Waals surface area contributed by atoms with Gasteiger partial charge in [-0.15, -0.1) is 0 Å². The van der Waals surface area contributed by atoms with E-state index in [1.165, 1.54) is 21.9 Å². The predicted octanol–water partition coefficient (Wildman–Crippen LogP) is 8.56. The van der Waals surface area contributed by atoms with E-state index >= 15 is 0 Å². The maximum atomic E-state index is 6.23. The molecule has 0 saturated heterocycles. The molecule has 220 valence electrons. The van der Waals surface area contributed by atoms with Crippen LogP contribution in [-0.2, 0) is 0 Å². The van der Waals surface area contributed by atoms with Crippen molar-refractivity contribution in [1.82, 2.24) is 10.6 Å². The van der Waals surface area contributed by atoms with E-state index in [0.717, 1.165) is 39.2 Å². The second-order valence-corrected chi connectivity index (χ2v) is 11.2. The predicted molar refractivity (Wildman–Crippen MR) is 187 cm³/mol. The van der Waals surface area contributed by atoms with Crippen LogP contribution in [0.4, 0.5) is 0 Å². The highest BCUT2D eigenvalue weighted by Crippen LogP contribution is 2.39. The minimum Gasteiger partial charge on any atom is -0.350 e. The topological polar surface area (TPSA) is 74.8 Å². The van der Waals surface area contributed by atoms with Gasteiger partial charge in [-0.05, 0) is 62.9 Å². The van der Waals surface area contributed by atoms with Crippen molar-refractivity contribution in [2.45, 2.75) is 25.4 Å². The normalized spacial score (nSPS) is 17.2. The number of fused-ring (bicyclic) bond motifs is 1. The number of nitrogens with one attached hydrogen (secondary N) is 2. The lowest BCUT2D eigenvalue weighted by Gasteiger charge is -2.32. The van der Waals surface area contributed by atoms with Crippen LogP contribution in [0.3, 0.4) is 0 Å². The van der Waals surface area contributed by atoms with Crippen molar-refractivity contribution in [2.75, 3.05) is 0 Å². The van der Waals surface area contributed by atoms with Gasteiger partial charge in [-0.2, -0.15) is 0 Å². The minimum absolute atomic E-state index is 0.119.